The molecule has 1 N–H and O–H groups in total. The quantitative estimate of drug-likeness (QED) is 0.569. The molecular formula is C26H31F3N4O3. The summed E-state index contributed by atoms with van der Waals surface area (Å²) in [5.74, 6) is 1.31. The van der Waals surface area contributed by atoms with E-state index in [0.29, 0.717) is 50.3 Å². The zero-order chi connectivity index (χ0) is 25.5. The van der Waals surface area contributed by atoms with Gasteiger partial charge < -0.3 is 14.5 Å². The Labute approximate surface area is 208 Å². The van der Waals surface area contributed by atoms with E-state index in [4.69, 9.17) is 4.74 Å². The van der Waals surface area contributed by atoms with Crippen LogP contribution in [-0.2, 0) is 6.18 Å². The Morgan fingerprint density at radius 2 is 1.72 bits per heavy atom. The third kappa shape index (κ3) is 6.89. The lowest BCUT2D eigenvalue weighted by molar-refractivity contribution is -0.137. The molecule has 3 amide bonds. The summed E-state index contributed by atoms with van der Waals surface area (Å²) in [6.07, 6.45) is 3.70. The molecule has 0 radical (unpaired) electrons. The van der Waals surface area contributed by atoms with Crippen molar-refractivity contribution in [3.8, 4) is 5.75 Å². The summed E-state index contributed by atoms with van der Waals surface area (Å²) in [5.41, 5.74) is -0.344. The van der Waals surface area contributed by atoms with Crippen molar-refractivity contribution in [1.29, 1.82) is 0 Å². The first-order valence-electron chi connectivity index (χ1n) is 12.4. The fourth-order valence-corrected chi connectivity index (χ4v) is 4.66. The maximum Gasteiger partial charge on any atom is 0.417 e. The zero-order valence-electron chi connectivity index (χ0n) is 20.1. The lowest BCUT2D eigenvalue weighted by Gasteiger charge is -2.34. The number of pyridine rings is 1. The number of halogens is 3. The first kappa shape index (κ1) is 25.8. The Hall–Kier alpha value is -3.30. The van der Waals surface area contributed by atoms with Crippen molar-refractivity contribution >= 4 is 17.8 Å². The van der Waals surface area contributed by atoms with E-state index in [1.807, 2.05) is 12.1 Å². The fraction of sp³-hybridized carbons (Fsp3) is 0.500. The maximum absolute atomic E-state index is 13.0. The second-order valence-corrected chi connectivity index (χ2v) is 9.31. The number of benzene rings is 1. The van der Waals surface area contributed by atoms with Crippen molar-refractivity contribution in [2.75, 3.05) is 38.1 Å². The van der Waals surface area contributed by atoms with Gasteiger partial charge in [-0.05, 0) is 42.7 Å². The monoisotopic (exact) mass is 504 g/mol. The van der Waals surface area contributed by atoms with Crippen LogP contribution >= 0.6 is 0 Å². The van der Waals surface area contributed by atoms with E-state index in [1.54, 1.807) is 17.0 Å². The summed E-state index contributed by atoms with van der Waals surface area (Å²) < 4.78 is 43.9. The van der Waals surface area contributed by atoms with Crippen molar-refractivity contribution < 1.29 is 27.5 Å². The van der Waals surface area contributed by atoms with Gasteiger partial charge in [0.05, 0.1) is 12.2 Å². The average Bonchev–Trinajstić information content (AvgIpc) is 2.89. The maximum atomic E-state index is 13.0. The van der Waals surface area contributed by atoms with Crippen LogP contribution in [0.5, 0.6) is 5.75 Å². The van der Waals surface area contributed by atoms with Gasteiger partial charge in [0.25, 0.3) is 5.91 Å². The standard InChI is InChI=1S/C26H31F3N4O3/c27-26(28,29)21-9-10-23(30-18-21)31-25(35)33-14-12-32(13-15-33)24(34)20-7-4-8-22(17-20)36-16-11-19-5-2-1-3-6-19/h4,7-10,17-19H,1-3,5-6,11-16H2,(H,30,31,35). The smallest absolute Gasteiger partial charge is 0.417 e. The van der Waals surface area contributed by atoms with Crippen LogP contribution in [0.25, 0.3) is 0 Å². The highest BCUT2D eigenvalue weighted by molar-refractivity contribution is 5.95. The van der Waals surface area contributed by atoms with E-state index in [2.05, 4.69) is 10.3 Å². The highest BCUT2D eigenvalue weighted by atomic mass is 19.4. The van der Waals surface area contributed by atoms with Gasteiger partial charge in [-0.25, -0.2) is 9.78 Å². The molecule has 2 aliphatic rings. The summed E-state index contributed by atoms with van der Waals surface area (Å²) in [7, 11) is 0. The third-order valence-corrected chi connectivity index (χ3v) is 6.78. The predicted molar refractivity (Wildman–Crippen MR) is 129 cm³/mol. The summed E-state index contributed by atoms with van der Waals surface area (Å²) in [4.78, 5) is 32.3. The molecule has 1 aromatic heterocycles. The van der Waals surface area contributed by atoms with Gasteiger partial charge >= 0.3 is 12.2 Å². The number of carbonyl (C=O) groups is 2. The van der Waals surface area contributed by atoms with E-state index in [1.165, 1.54) is 37.0 Å². The van der Waals surface area contributed by atoms with E-state index < -0.39 is 17.8 Å². The van der Waals surface area contributed by atoms with E-state index >= 15 is 0 Å². The Bertz CT molecular complexity index is 1030. The Morgan fingerprint density at radius 3 is 2.39 bits per heavy atom. The number of aromatic nitrogens is 1. The molecule has 194 valence electrons. The summed E-state index contributed by atoms with van der Waals surface area (Å²) in [6, 6.07) is 8.70. The van der Waals surface area contributed by atoms with Gasteiger partial charge in [0.1, 0.15) is 11.6 Å². The van der Waals surface area contributed by atoms with Gasteiger partial charge in [0.15, 0.2) is 0 Å². The molecule has 2 fully saturated rings. The molecule has 1 saturated heterocycles. The molecule has 4 rings (SSSR count). The minimum absolute atomic E-state index is 0.0341. The van der Waals surface area contributed by atoms with Crippen LogP contribution in [0, 0.1) is 5.92 Å². The number of amides is 3. The van der Waals surface area contributed by atoms with Gasteiger partial charge in [-0.3, -0.25) is 10.1 Å². The first-order chi connectivity index (χ1) is 17.3. The molecular weight excluding hydrogens is 473 g/mol. The molecule has 7 nitrogen and oxygen atoms in total. The molecule has 0 spiro atoms. The van der Waals surface area contributed by atoms with Crippen molar-refractivity contribution in [2.24, 2.45) is 5.92 Å². The molecule has 0 unspecified atom stereocenters. The van der Waals surface area contributed by atoms with Gasteiger partial charge in [-0.15, -0.1) is 0 Å². The van der Waals surface area contributed by atoms with Crippen molar-refractivity contribution in [3.05, 3.63) is 53.7 Å². The van der Waals surface area contributed by atoms with Gasteiger partial charge in [0.2, 0.25) is 0 Å². The molecule has 10 heteroatoms. The average molecular weight is 505 g/mol. The van der Waals surface area contributed by atoms with E-state index in [9.17, 15) is 22.8 Å². The minimum Gasteiger partial charge on any atom is -0.494 e. The molecule has 1 saturated carbocycles. The molecule has 1 aliphatic carbocycles. The van der Waals surface area contributed by atoms with Crippen molar-refractivity contribution in [3.63, 3.8) is 0 Å². The molecule has 2 aromatic rings. The number of hydrogen-bond acceptors (Lipinski definition) is 4. The Morgan fingerprint density at radius 1 is 1.00 bits per heavy atom. The molecule has 36 heavy (non-hydrogen) atoms. The number of piperazine rings is 1. The van der Waals surface area contributed by atoms with Crippen LogP contribution in [0.2, 0.25) is 0 Å². The number of urea groups is 1. The number of rotatable bonds is 6. The summed E-state index contributed by atoms with van der Waals surface area (Å²) in [6.45, 7) is 1.94. The third-order valence-electron chi connectivity index (χ3n) is 6.78. The molecule has 1 aromatic carbocycles. The van der Waals surface area contributed by atoms with Crippen LogP contribution < -0.4 is 10.1 Å². The Balaban J connectivity index is 1.24. The molecule has 1 aliphatic heterocycles. The summed E-state index contributed by atoms with van der Waals surface area (Å²) in [5, 5.41) is 2.51. The lowest BCUT2D eigenvalue weighted by atomic mass is 9.87. The second kappa shape index (κ2) is 11.6. The van der Waals surface area contributed by atoms with Crippen LogP contribution in [-0.4, -0.2) is 59.5 Å². The zero-order valence-corrected chi connectivity index (χ0v) is 20.1. The van der Waals surface area contributed by atoms with Gasteiger partial charge in [0, 0.05) is 37.9 Å². The number of nitrogens with zero attached hydrogens (tertiary/aromatic N) is 3. The van der Waals surface area contributed by atoms with Crippen LogP contribution in [0.1, 0.15) is 54.4 Å². The number of hydrogen-bond donors (Lipinski definition) is 1. The van der Waals surface area contributed by atoms with Gasteiger partial charge in [-0.1, -0.05) is 38.2 Å². The highest BCUT2D eigenvalue weighted by Crippen LogP contribution is 2.29. The van der Waals surface area contributed by atoms with Crippen LogP contribution in [0.15, 0.2) is 42.6 Å². The van der Waals surface area contributed by atoms with Crippen molar-refractivity contribution in [1.82, 2.24) is 14.8 Å². The second-order valence-electron chi connectivity index (χ2n) is 9.31. The molecule has 0 bridgehead atoms. The molecule has 2 heterocycles. The highest BCUT2D eigenvalue weighted by Gasteiger charge is 2.31. The van der Waals surface area contributed by atoms with Crippen LogP contribution in [0.4, 0.5) is 23.8 Å². The van der Waals surface area contributed by atoms with Crippen molar-refractivity contribution in [2.45, 2.75) is 44.7 Å². The van der Waals surface area contributed by atoms with E-state index in [-0.39, 0.29) is 11.7 Å². The number of anilines is 1. The number of alkyl halides is 3. The van der Waals surface area contributed by atoms with Gasteiger partial charge in [-0.2, -0.15) is 13.2 Å². The topological polar surface area (TPSA) is 74.8 Å². The normalized spacial score (nSPS) is 17.1. The molecule has 0 atom stereocenters. The fourth-order valence-electron chi connectivity index (χ4n) is 4.66. The van der Waals surface area contributed by atoms with E-state index in [0.717, 1.165) is 24.5 Å². The Kier molecular flexibility index (Phi) is 8.32. The minimum atomic E-state index is -4.49. The number of carbonyl (C=O) groups excluding carboxylic acids is 2. The first-order valence-corrected chi connectivity index (χ1v) is 12.4. The van der Waals surface area contributed by atoms with Crippen LogP contribution in [0.3, 0.4) is 0 Å². The predicted octanol–water partition coefficient (Wildman–Crippen LogP) is 5.44. The summed E-state index contributed by atoms with van der Waals surface area (Å²) >= 11 is 0. The number of ether oxygens (including phenoxy) is 1. The number of nitrogens with one attached hydrogen (secondary N) is 1. The lowest BCUT2D eigenvalue weighted by Crippen LogP contribution is -2.51. The SMILES string of the molecule is O=C(Nc1ccc(C(F)(F)F)cn1)N1CCN(C(=O)c2cccc(OCCC3CCCCC3)c2)CC1. The largest absolute Gasteiger partial charge is 0.494 e.